The monoisotopic (exact) mass is 615 g/mol. The molecule has 3 aliphatic rings. The minimum absolute atomic E-state index is 0.00642. The van der Waals surface area contributed by atoms with E-state index in [1.165, 1.54) is 0 Å². The number of rotatable bonds is 6. The number of aliphatic hydroxyl groups is 2. The molecule has 2 amide bonds. The zero-order valence-electron chi connectivity index (χ0n) is 27.5. The number of hydrogen-bond donors (Lipinski definition) is 3. The Hall–Kier alpha value is -1.38. The topological polar surface area (TPSA) is 139 Å². The molecule has 3 rings (SSSR count). The van der Waals surface area contributed by atoms with E-state index >= 15 is 0 Å². The minimum atomic E-state index is -0.894. The Kier molecular flexibility index (Phi) is 13.6. The molecule has 3 saturated heterocycles. The largest absolute Gasteiger partial charge is 0.390 e. The highest BCUT2D eigenvalue weighted by molar-refractivity contribution is 5.79. The first kappa shape index (κ1) is 36.1. The van der Waals surface area contributed by atoms with Crippen LogP contribution in [0.4, 0.5) is 0 Å². The normalized spacial score (nSPS) is 41.4. The Morgan fingerprint density at radius 1 is 1.00 bits per heavy atom. The van der Waals surface area contributed by atoms with Crippen LogP contribution in [0.2, 0.25) is 0 Å². The molecule has 0 aromatic heterocycles. The van der Waals surface area contributed by atoms with Crippen molar-refractivity contribution in [2.45, 2.75) is 140 Å². The number of carbonyl (C=O) groups is 2. The third-order valence-electron chi connectivity index (χ3n) is 9.46. The van der Waals surface area contributed by atoms with Crippen LogP contribution in [0.25, 0.3) is 0 Å². The Balaban J connectivity index is 1.88. The summed E-state index contributed by atoms with van der Waals surface area (Å²) in [4.78, 5) is 29.8. The number of amides is 2. The smallest absolute Gasteiger partial charge is 0.225 e. The van der Waals surface area contributed by atoms with Gasteiger partial charge < -0.3 is 49.0 Å². The average molecular weight is 616 g/mol. The van der Waals surface area contributed by atoms with E-state index in [4.69, 9.17) is 23.7 Å². The van der Waals surface area contributed by atoms with E-state index in [0.29, 0.717) is 45.2 Å². The van der Waals surface area contributed by atoms with Gasteiger partial charge in [0.05, 0.1) is 42.0 Å². The molecule has 250 valence electrons. The van der Waals surface area contributed by atoms with Crippen molar-refractivity contribution in [2.24, 2.45) is 5.92 Å². The summed E-state index contributed by atoms with van der Waals surface area (Å²) in [6.07, 6.45) is -1.13. The van der Waals surface area contributed by atoms with Gasteiger partial charge in [0.25, 0.3) is 0 Å². The van der Waals surface area contributed by atoms with E-state index in [0.717, 1.165) is 6.42 Å². The van der Waals surface area contributed by atoms with Gasteiger partial charge in [-0.05, 0) is 60.5 Å². The lowest BCUT2D eigenvalue weighted by Crippen LogP contribution is -2.57. The predicted molar refractivity (Wildman–Crippen MR) is 160 cm³/mol. The summed E-state index contributed by atoms with van der Waals surface area (Å²) in [6.45, 7) is 8.27. The Labute approximate surface area is 257 Å². The van der Waals surface area contributed by atoms with Crippen LogP contribution in [-0.4, -0.2) is 134 Å². The molecule has 3 heterocycles. The second-order valence-electron chi connectivity index (χ2n) is 13.2. The molecule has 0 bridgehead atoms. The Bertz CT molecular complexity index is 895. The molecule has 0 spiro atoms. The van der Waals surface area contributed by atoms with E-state index in [1.807, 2.05) is 27.9 Å². The van der Waals surface area contributed by atoms with Gasteiger partial charge in [0.15, 0.2) is 12.6 Å². The summed E-state index contributed by atoms with van der Waals surface area (Å²) < 4.78 is 30.9. The number of ether oxygens (including phenoxy) is 5. The third-order valence-corrected chi connectivity index (χ3v) is 9.46. The van der Waals surface area contributed by atoms with Crippen LogP contribution in [-0.2, 0) is 33.3 Å². The van der Waals surface area contributed by atoms with E-state index < -0.39 is 54.6 Å². The molecule has 12 heteroatoms. The third kappa shape index (κ3) is 10.1. The van der Waals surface area contributed by atoms with Crippen molar-refractivity contribution < 1.29 is 43.5 Å². The first-order valence-corrected chi connectivity index (χ1v) is 15.9. The van der Waals surface area contributed by atoms with Crippen LogP contribution in [0.1, 0.15) is 79.1 Å². The summed E-state index contributed by atoms with van der Waals surface area (Å²) in [6, 6.07) is 0.264. The quantitative estimate of drug-likeness (QED) is 0.404. The minimum Gasteiger partial charge on any atom is -0.390 e. The SMILES string of the molecule is CO[C@]1(C)C[C@H](O[C@H]2C[C@@H](O[C@H]3C[C@@H](N(C)C)C[C@@H](C)O3)[C@H](O)CCCN(C)C(=O)CCCNC(=O)[C@@H]2C)O[C@@H](C)[C@@H]1O. The molecule has 43 heavy (non-hydrogen) atoms. The number of methoxy groups -OCH3 is 1. The lowest BCUT2D eigenvalue weighted by atomic mass is 9.88. The zero-order chi connectivity index (χ0) is 31.9. The standard InChI is InChI=1S/C31H57N3O9/c1-19-15-22(33(5)6)16-27(40-19)43-25-17-24(42-28-18-31(4,39-8)29(37)21(3)41-28)20(2)30(38)32-13-9-12-26(36)34(7)14-10-11-23(25)35/h19-25,27-29,35,37H,9-18H2,1-8H3,(H,32,38)/t19-,20-,21+,22+,23-,24+,25-,27+,28+,29+,31-/m1/s1. The first-order chi connectivity index (χ1) is 20.2. The predicted octanol–water partition coefficient (Wildman–Crippen LogP) is 1.65. The molecule has 0 aromatic rings. The number of nitrogens with zero attached hydrogens (tertiary/aromatic N) is 2. The lowest BCUT2D eigenvalue weighted by molar-refractivity contribution is -0.296. The van der Waals surface area contributed by atoms with Gasteiger partial charge in [-0.15, -0.1) is 0 Å². The molecule has 0 aromatic carbocycles. The van der Waals surface area contributed by atoms with Gasteiger partial charge in [-0.2, -0.15) is 0 Å². The summed E-state index contributed by atoms with van der Waals surface area (Å²) >= 11 is 0. The van der Waals surface area contributed by atoms with Crippen LogP contribution < -0.4 is 5.32 Å². The van der Waals surface area contributed by atoms with Gasteiger partial charge >= 0.3 is 0 Å². The second-order valence-corrected chi connectivity index (χ2v) is 13.2. The molecular formula is C31H57N3O9. The Morgan fingerprint density at radius 3 is 2.37 bits per heavy atom. The number of carbonyl (C=O) groups excluding carboxylic acids is 2. The fourth-order valence-electron chi connectivity index (χ4n) is 6.30. The summed E-state index contributed by atoms with van der Waals surface area (Å²) in [5.74, 6) is -0.837. The maximum Gasteiger partial charge on any atom is 0.225 e. The highest BCUT2D eigenvalue weighted by atomic mass is 16.7. The van der Waals surface area contributed by atoms with Crippen LogP contribution >= 0.6 is 0 Å². The van der Waals surface area contributed by atoms with E-state index in [1.54, 1.807) is 32.9 Å². The average Bonchev–Trinajstić information content (AvgIpc) is 2.95. The van der Waals surface area contributed by atoms with Gasteiger partial charge in [0.1, 0.15) is 6.10 Å². The van der Waals surface area contributed by atoms with Crippen molar-refractivity contribution in [3.63, 3.8) is 0 Å². The van der Waals surface area contributed by atoms with Crippen molar-refractivity contribution in [3.05, 3.63) is 0 Å². The molecular weight excluding hydrogens is 558 g/mol. The summed E-state index contributed by atoms with van der Waals surface area (Å²) in [5.41, 5.74) is -0.894. The van der Waals surface area contributed by atoms with Crippen LogP contribution in [0, 0.1) is 5.92 Å². The molecule has 11 atom stereocenters. The molecule has 0 aliphatic carbocycles. The molecule has 3 fully saturated rings. The summed E-state index contributed by atoms with van der Waals surface area (Å²) in [5, 5.41) is 25.2. The van der Waals surface area contributed by atoms with E-state index in [-0.39, 0.29) is 36.8 Å². The van der Waals surface area contributed by atoms with Gasteiger partial charge in [0.2, 0.25) is 11.8 Å². The molecule has 3 N–H and O–H groups in total. The van der Waals surface area contributed by atoms with Crippen molar-refractivity contribution in [1.29, 1.82) is 0 Å². The van der Waals surface area contributed by atoms with Crippen molar-refractivity contribution in [1.82, 2.24) is 15.1 Å². The van der Waals surface area contributed by atoms with Gasteiger partial charge in [-0.3, -0.25) is 9.59 Å². The van der Waals surface area contributed by atoms with E-state index in [2.05, 4.69) is 10.2 Å². The number of nitrogens with one attached hydrogen (secondary N) is 1. The molecule has 0 unspecified atom stereocenters. The summed E-state index contributed by atoms with van der Waals surface area (Å²) in [7, 11) is 7.39. The van der Waals surface area contributed by atoms with Gasteiger partial charge in [-0.1, -0.05) is 6.92 Å². The molecule has 0 saturated carbocycles. The highest BCUT2D eigenvalue weighted by Gasteiger charge is 2.47. The van der Waals surface area contributed by atoms with Crippen LogP contribution in [0.5, 0.6) is 0 Å². The van der Waals surface area contributed by atoms with Crippen molar-refractivity contribution >= 4 is 11.8 Å². The zero-order valence-corrected chi connectivity index (χ0v) is 27.5. The molecule has 12 nitrogen and oxygen atoms in total. The highest BCUT2D eigenvalue weighted by Crippen LogP contribution is 2.35. The Morgan fingerprint density at radius 2 is 1.70 bits per heavy atom. The fourth-order valence-corrected chi connectivity index (χ4v) is 6.30. The van der Waals surface area contributed by atoms with Gasteiger partial charge in [-0.25, -0.2) is 0 Å². The van der Waals surface area contributed by atoms with Crippen LogP contribution in [0.15, 0.2) is 0 Å². The molecule has 3 aliphatic heterocycles. The van der Waals surface area contributed by atoms with Crippen LogP contribution in [0.3, 0.4) is 0 Å². The van der Waals surface area contributed by atoms with E-state index in [9.17, 15) is 19.8 Å². The molecule has 0 radical (unpaired) electrons. The lowest BCUT2D eigenvalue weighted by Gasteiger charge is -2.45. The number of aliphatic hydroxyl groups excluding tert-OH is 2. The fraction of sp³-hybridized carbons (Fsp3) is 0.935. The maximum absolute atomic E-state index is 13.4. The van der Waals surface area contributed by atoms with Crippen molar-refractivity contribution in [3.8, 4) is 0 Å². The van der Waals surface area contributed by atoms with Gasteiger partial charge in [0, 0.05) is 59.0 Å². The second kappa shape index (κ2) is 16.3. The van der Waals surface area contributed by atoms with Crippen molar-refractivity contribution in [2.75, 3.05) is 41.3 Å². The number of hydrogen-bond acceptors (Lipinski definition) is 10. The maximum atomic E-state index is 13.4. The first-order valence-electron chi connectivity index (χ1n) is 15.9.